The predicted molar refractivity (Wildman–Crippen MR) is 81.2 cm³/mol. The molecule has 0 spiro atoms. The van der Waals surface area contributed by atoms with Crippen LogP contribution >= 0.6 is 11.5 Å². The molecule has 2 rings (SSSR count). The Labute approximate surface area is 123 Å². The Morgan fingerprint density at radius 3 is 2.80 bits per heavy atom. The topological polar surface area (TPSA) is 80.5 Å². The predicted octanol–water partition coefficient (Wildman–Crippen LogP) is 1.94. The zero-order chi connectivity index (χ0) is 14.5. The van der Waals surface area contributed by atoms with Gasteiger partial charge in [0.2, 0.25) is 5.91 Å². The molecule has 20 heavy (non-hydrogen) atoms. The third-order valence-corrected chi connectivity index (χ3v) is 3.94. The van der Waals surface area contributed by atoms with E-state index in [-0.39, 0.29) is 18.6 Å². The monoisotopic (exact) mass is 298 g/mol. The van der Waals surface area contributed by atoms with Crippen LogP contribution in [0, 0.1) is 0 Å². The van der Waals surface area contributed by atoms with Crippen LogP contribution in [0.25, 0.3) is 0 Å². The highest BCUT2D eigenvalue weighted by atomic mass is 32.1. The number of likely N-dealkylation sites (tertiary alicyclic amines) is 1. The molecule has 0 saturated carbocycles. The van der Waals surface area contributed by atoms with Crippen molar-refractivity contribution in [1.29, 1.82) is 0 Å². The number of piperidine rings is 1. The van der Waals surface area contributed by atoms with E-state index < -0.39 is 0 Å². The molecule has 0 aromatic carbocycles. The van der Waals surface area contributed by atoms with Crippen molar-refractivity contribution in [2.24, 2.45) is 0 Å². The summed E-state index contributed by atoms with van der Waals surface area (Å²) in [5, 5.41) is 3.82. The molecule has 1 saturated heterocycles. The molecule has 1 aromatic heterocycles. The molecular weight excluding hydrogens is 276 g/mol. The SMILES string of the molecule is CC(C)Oc1c(N)nsc1NCC(=O)N1CCCCC1. The Bertz CT molecular complexity index is 455. The normalized spacial score (nSPS) is 15.4. The van der Waals surface area contributed by atoms with Gasteiger partial charge in [0.15, 0.2) is 16.6 Å². The van der Waals surface area contributed by atoms with E-state index >= 15 is 0 Å². The maximum atomic E-state index is 12.1. The minimum absolute atomic E-state index is 0.0204. The molecule has 3 N–H and O–H groups in total. The van der Waals surface area contributed by atoms with Gasteiger partial charge in [0, 0.05) is 13.1 Å². The van der Waals surface area contributed by atoms with E-state index in [9.17, 15) is 4.79 Å². The summed E-state index contributed by atoms with van der Waals surface area (Å²) in [5.41, 5.74) is 5.78. The molecule has 0 unspecified atom stereocenters. The van der Waals surface area contributed by atoms with Gasteiger partial charge in [-0.15, -0.1) is 0 Å². The van der Waals surface area contributed by atoms with Crippen molar-refractivity contribution >= 4 is 28.3 Å². The average Bonchev–Trinajstić information content (AvgIpc) is 2.78. The van der Waals surface area contributed by atoms with Gasteiger partial charge in [-0.3, -0.25) is 4.79 Å². The zero-order valence-electron chi connectivity index (χ0n) is 12.0. The Kier molecular flexibility index (Phi) is 5.05. The molecule has 1 amide bonds. The number of hydrogen-bond donors (Lipinski definition) is 2. The second-order valence-corrected chi connectivity index (χ2v) is 5.96. The number of hydrogen-bond acceptors (Lipinski definition) is 6. The molecule has 7 heteroatoms. The number of aromatic nitrogens is 1. The first-order valence-corrected chi connectivity index (χ1v) is 7.78. The van der Waals surface area contributed by atoms with Crippen LogP contribution in [0.5, 0.6) is 5.75 Å². The number of amides is 1. The third kappa shape index (κ3) is 3.75. The van der Waals surface area contributed by atoms with Gasteiger partial charge < -0.3 is 20.7 Å². The molecule has 1 aliphatic heterocycles. The molecule has 0 atom stereocenters. The Balaban J connectivity index is 1.91. The lowest BCUT2D eigenvalue weighted by molar-refractivity contribution is -0.130. The van der Waals surface area contributed by atoms with Crippen LogP contribution < -0.4 is 15.8 Å². The van der Waals surface area contributed by atoms with Crippen molar-refractivity contribution in [1.82, 2.24) is 9.27 Å². The number of nitrogens with one attached hydrogen (secondary N) is 1. The summed E-state index contributed by atoms with van der Waals surface area (Å²) in [5.74, 6) is 1.04. The van der Waals surface area contributed by atoms with Crippen LogP contribution in [-0.2, 0) is 4.79 Å². The van der Waals surface area contributed by atoms with Crippen LogP contribution in [0.4, 0.5) is 10.8 Å². The number of carbonyl (C=O) groups is 1. The number of carbonyl (C=O) groups excluding carboxylic acids is 1. The Morgan fingerprint density at radius 2 is 2.15 bits per heavy atom. The highest BCUT2D eigenvalue weighted by Crippen LogP contribution is 2.35. The molecule has 1 fully saturated rings. The second kappa shape index (κ2) is 6.78. The van der Waals surface area contributed by atoms with Crippen molar-refractivity contribution in [3.05, 3.63) is 0 Å². The smallest absolute Gasteiger partial charge is 0.241 e. The highest BCUT2D eigenvalue weighted by Gasteiger charge is 2.19. The van der Waals surface area contributed by atoms with E-state index in [0.717, 1.165) is 30.9 Å². The summed E-state index contributed by atoms with van der Waals surface area (Å²) in [6.07, 6.45) is 3.43. The minimum atomic E-state index is 0.0204. The molecule has 0 radical (unpaired) electrons. The maximum Gasteiger partial charge on any atom is 0.241 e. The van der Waals surface area contributed by atoms with Crippen molar-refractivity contribution in [3.8, 4) is 5.75 Å². The van der Waals surface area contributed by atoms with Crippen LogP contribution in [-0.4, -0.2) is 40.9 Å². The van der Waals surface area contributed by atoms with Crippen molar-refractivity contribution in [2.75, 3.05) is 30.7 Å². The highest BCUT2D eigenvalue weighted by molar-refractivity contribution is 7.11. The van der Waals surface area contributed by atoms with Crippen molar-refractivity contribution in [3.63, 3.8) is 0 Å². The fourth-order valence-corrected chi connectivity index (χ4v) is 2.81. The van der Waals surface area contributed by atoms with Gasteiger partial charge in [-0.25, -0.2) is 0 Å². The summed E-state index contributed by atoms with van der Waals surface area (Å²) in [6.45, 7) is 5.84. The van der Waals surface area contributed by atoms with Gasteiger partial charge in [-0.1, -0.05) is 0 Å². The van der Waals surface area contributed by atoms with E-state index in [1.807, 2.05) is 18.7 Å². The van der Waals surface area contributed by atoms with Gasteiger partial charge in [0.25, 0.3) is 0 Å². The number of anilines is 2. The van der Waals surface area contributed by atoms with Crippen LogP contribution in [0.15, 0.2) is 0 Å². The summed E-state index contributed by atoms with van der Waals surface area (Å²) in [7, 11) is 0. The first-order chi connectivity index (χ1) is 9.58. The van der Waals surface area contributed by atoms with E-state index in [2.05, 4.69) is 9.69 Å². The number of nitrogen functional groups attached to an aromatic ring is 1. The maximum absolute atomic E-state index is 12.1. The lowest BCUT2D eigenvalue weighted by atomic mass is 10.1. The standard InChI is InChI=1S/C13H22N4O2S/c1-9(2)19-11-12(14)16-20-13(11)15-8-10(18)17-6-4-3-5-7-17/h9,15H,3-8H2,1-2H3,(H2,14,16). The van der Waals surface area contributed by atoms with Gasteiger partial charge in [-0.05, 0) is 44.6 Å². The fraction of sp³-hybridized carbons (Fsp3) is 0.692. The molecule has 1 aliphatic rings. The summed E-state index contributed by atoms with van der Waals surface area (Å²) in [6, 6.07) is 0. The molecule has 1 aromatic rings. The van der Waals surface area contributed by atoms with E-state index in [1.165, 1.54) is 18.0 Å². The third-order valence-electron chi connectivity index (χ3n) is 3.14. The van der Waals surface area contributed by atoms with Gasteiger partial charge in [0.05, 0.1) is 12.6 Å². The Hall–Kier alpha value is -1.50. The Morgan fingerprint density at radius 1 is 1.45 bits per heavy atom. The van der Waals surface area contributed by atoms with Crippen LogP contribution in [0.3, 0.4) is 0 Å². The molecule has 6 nitrogen and oxygen atoms in total. The molecular formula is C13H22N4O2S. The number of rotatable bonds is 5. The van der Waals surface area contributed by atoms with E-state index in [1.54, 1.807) is 0 Å². The summed E-state index contributed by atoms with van der Waals surface area (Å²) < 4.78 is 9.70. The van der Waals surface area contributed by atoms with E-state index in [0.29, 0.717) is 11.6 Å². The molecule has 0 bridgehead atoms. The number of ether oxygens (including phenoxy) is 1. The molecule has 2 heterocycles. The lowest BCUT2D eigenvalue weighted by Crippen LogP contribution is -2.39. The molecule has 0 aliphatic carbocycles. The average molecular weight is 298 g/mol. The van der Waals surface area contributed by atoms with Crippen molar-refractivity contribution in [2.45, 2.75) is 39.2 Å². The van der Waals surface area contributed by atoms with E-state index in [4.69, 9.17) is 10.5 Å². The van der Waals surface area contributed by atoms with Gasteiger partial charge >= 0.3 is 0 Å². The number of nitrogens with zero attached hydrogens (tertiary/aromatic N) is 2. The van der Waals surface area contributed by atoms with Gasteiger partial charge in [0.1, 0.15) is 0 Å². The summed E-state index contributed by atoms with van der Waals surface area (Å²) >= 11 is 1.22. The largest absolute Gasteiger partial charge is 0.484 e. The number of nitrogens with two attached hydrogens (primary N) is 1. The van der Waals surface area contributed by atoms with Crippen LogP contribution in [0.1, 0.15) is 33.1 Å². The first-order valence-electron chi connectivity index (χ1n) is 7.01. The van der Waals surface area contributed by atoms with Gasteiger partial charge in [-0.2, -0.15) is 4.37 Å². The first kappa shape index (κ1) is 14.9. The lowest BCUT2D eigenvalue weighted by Gasteiger charge is -2.26. The quantitative estimate of drug-likeness (QED) is 0.868. The van der Waals surface area contributed by atoms with Crippen LogP contribution in [0.2, 0.25) is 0 Å². The van der Waals surface area contributed by atoms with Crippen molar-refractivity contribution < 1.29 is 9.53 Å². The summed E-state index contributed by atoms with van der Waals surface area (Å²) in [4.78, 5) is 14.0. The molecule has 112 valence electrons. The zero-order valence-corrected chi connectivity index (χ0v) is 12.8. The second-order valence-electron chi connectivity index (χ2n) is 5.19. The fourth-order valence-electron chi connectivity index (χ4n) is 2.17. The minimum Gasteiger partial charge on any atom is -0.484 e.